The molecular weight excluding hydrogens is 382 g/mol. The lowest BCUT2D eigenvalue weighted by molar-refractivity contribution is -0.934. The first-order valence-corrected chi connectivity index (χ1v) is 11.6. The topological polar surface area (TPSA) is 59.9 Å². The first kappa shape index (κ1) is 20.5. The molecule has 1 aliphatic heterocycles. The number of hydrogen-bond acceptors (Lipinski definition) is 4. The van der Waals surface area contributed by atoms with E-state index in [9.17, 15) is 8.42 Å². The molecule has 2 aromatic rings. The normalized spacial score (nSPS) is 24.0. The van der Waals surface area contributed by atoms with Crippen LogP contribution in [0.1, 0.15) is 34.1 Å². The maximum Gasteiger partial charge on any atom is 0.274 e. The van der Waals surface area contributed by atoms with Gasteiger partial charge in [0.05, 0.1) is 23.5 Å². The molecule has 1 aliphatic rings. The second kappa shape index (κ2) is 8.03. The Labute approximate surface area is 166 Å². The highest BCUT2D eigenvalue weighted by molar-refractivity contribution is 7.89. The third-order valence-corrected chi connectivity index (χ3v) is 7.79. The average Bonchev–Trinajstić information content (AvgIpc) is 2.90. The summed E-state index contributed by atoms with van der Waals surface area (Å²) in [5, 5.41) is 0. The molecule has 1 N–H and O–H groups in total. The largest absolute Gasteiger partial charge is 0.429 e. The molecule has 1 saturated heterocycles. The van der Waals surface area contributed by atoms with E-state index in [1.807, 2.05) is 18.4 Å². The number of oxazole rings is 1. The van der Waals surface area contributed by atoms with Gasteiger partial charge in [0.25, 0.3) is 4.84 Å². The molecule has 0 aliphatic carbocycles. The highest BCUT2D eigenvalue weighted by atomic mass is 32.2. The minimum Gasteiger partial charge on any atom is -0.429 e. The van der Waals surface area contributed by atoms with Crippen LogP contribution in [0.4, 0.5) is 0 Å². The number of likely N-dealkylation sites (tertiary alicyclic amines) is 1. The van der Waals surface area contributed by atoms with Gasteiger partial charge in [-0.1, -0.05) is 27.7 Å². The number of sulfonamides is 1. The van der Waals surface area contributed by atoms with E-state index in [0.29, 0.717) is 46.9 Å². The number of aromatic nitrogens is 1. The Kier molecular flexibility index (Phi) is 6.10. The van der Waals surface area contributed by atoms with Crippen molar-refractivity contribution in [1.82, 2.24) is 8.87 Å². The van der Waals surface area contributed by atoms with Crippen molar-refractivity contribution in [1.29, 1.82) is 0 Å². The molecule has 1 aromatic carbocycles. The van der Waals surface area contributed by atoms with Crippen LogP contribution in [0.25, 0.3) is 11.1 Å². The van der Waals surface area contributed by atoms with Crippen molar-refractivity contribution in [2.75, 3.05) is 26.2 Å². The average molecular weight is 413 g/mol. The summed E-state index contributed by atoms with van der Waals surface area (Å²) < 4.78 is 34.9. The maximum absolute atomic E-state index is 12.9. The summed E-state index contributed by atoms with van der Waals surface area (Å²) >= 11 is 5.44. The predicted molar refractivity (Wildman–Crippen MR) is 109 cm³/mol. The Bertz CT molecular complexity index is 950. The smallest absolute Gasteiger partial charge is 0.274 e. The molecule has 1 aromatic heterocycles. The number of benzene rings is 1. The number of nitrogens with zero attached hydrogens (tertiary/aromatic N) is 2. The molecule has 0 radical (unpaired) electrons. The van der Waals surface area contributed by atoms with E-state index >= 15 is 0 Å². The van der Waals surface area contributed by atoms with Gasteiger partial charge < -0.3 is 9.32 Å². The van der Waals surface area contributed by atoms with E-state index < -0.39 is 10.0 Å². The van der Waals surface area contributed by atoms with Crippen LogP contribution in [-0.2, 0) is 16.7 Å². The maximum atomic E-state index is 12.9. The summed E-state index contributed by atoms with van der Waals surface area (Å²) in [4.78, 5) is 2.15. The van der Waals surface area contributed by atoms with Crippen LogP contribution >= 0.6 is 12.2 Å². The minimum atomic E-state index is -3.51. The number of piperidine rings is 1. The van der Waals surface area contributed by atoms with E-state index in [4.69, 9.17) is 16.6 Å². The second-order valence-electron chi connectivity index (χ2n) is 7.78. The van der Waals surface area contributed by atoms with Crippen LogP contribution < -0.4 is 4.90 Å². The van der Waals surface area contributed by atoms with Gasteiger partial charge in [-0.2, -0.15) is 4.31 Å². The molecule has 0 bridgehead atoms. The van der Waals surface area contributed by atoms with Gasteiger partial charge in [-0.3, -0.25) is 4.57 Å². The third-order valence-electron chi connectivity index (χ3n) is 5.44. The fraction of sp³-hybridized carbons (Fsp3) is 0.632. The predicted octanol–water partition coefficient (Wildman–Crippen LogP) is 2.51. The minimum absolute atomic E-state index is 0.290. The molecule has 0 amide bonds. The van der Waals surface area contributed by atoms with Gasteiger partial charge in [-0.15, -0.1) is 0 Å². The molecule has 27 heavy (non-hydrogen) atoms. The number of quaternary nitrogens is 1. The van der Waals surface area contributed by atoms with Crippen LogP contribution in [0.15, 0.2) is 27.5 Å². The van der Waals surface area contributed by atoms with Crippen molar-refractivity contribution in [3.05, 3.63) is 23.0 Å². The van der Waals surface area contributed by atoms with Crippen molar-refractivity contribution in [3.63, 3.8) is 0 Å². The fourth-order valence-corrected chi connectivity index (χ4v) is 6.07. The molecule has 0 saturated carbocycles. The van der Waals surface area contributed by atoms with Gasteiger partial charge in [0.1, 0.15) is 0 Å². The quantitative estimate of drug-likeness (QED) is 0.741. The lowest BCUT2D eigenvalue weighted by Crippen LogP contribution is -3.13. The van der Waals surface area contributed by atoms with E-state index in [2.05, 4.69) is 13.8 Å². The Balaban J connectivity index is 1.99. The highest BCUT2D eigenvalue weighted by Crippen LogP contribution is 2.24. The van der Waals surface area contributed by atoms with Crippen molar-refractivity contribution in [2.45, 2.75) is 45.7 Å². The van der Waals surface area contributed by atoms with Gasteiger partial charge in [0.2, 0.25) is 10.0 Å². The summed E-state index contributed by atoms with van der Waals surface area (Å²) in [5.41, 5.74) is 1.39. The molecule has 8 heteroatoms. The number of fused-ring (bicyclic) bond motifs is 1. The van der Waals surface area contributed by atoms with Gasteiger partial charge in [0.15, 0.2) is 12.3 Å². The molecule has 2 heterocycles. The van der Waals surface area contributed by atoms with Crippen LogP contribution in [-0.4, -0.2) is 43.5 Å². The van der Waals surface area contributed by atoms with E-state index in [0.717, 1.165) is 18.6 Å². The third kappa shape index (κ3) is 4.13. The molecule has 0 spiro atoms. The van der Waals surface area contributed by atoms with Crippen molar-refractivity contribution >= 4 is 33.3 Å². The SMILES string of the molecule is CCN(CC)S(=O)(=O)c1ccc2oc(=S)n(C[NH+]3C[C@@H](C)C[C@H](C)C3)c2c1. The Hall–Kier alpha value is -1.22. The summed E-state index contributed by atoms with van der Waals surface area (Å²) in [5.74, 6) is 1.35. The first-order chi connectivity index (χ1) is 12.8. The molecule has 150 valence electrons. The van der Waals surface area contributed by atoms with Gasteiger partial charge in [0, 0.05) is 24.9 Å². The number of nitrogens with one attached hydrogen (secondary N) is 1. The standard InChI is InChI=1S/C19H29N3O3S2/c1-5-21(6-2)27(23,24)16-7-8-18-17(10-16)22(19(26)25-18)13-20-11-14(3)9-15(4)12-20/h7-8,10,14-15H,5-6,9,11-13H2,1-4H3/p+1/t14-,15-/m0/s1. The van der Waals surface area contributed by atoms with Gasteiger partial charge >= 0.3 is 0 Å². The van der Waals surface area contributed by atoms with Gasteiger partial charge in [-0.05, 0) is 36.8 Å². The Morgan fingerprint density at radius 1 is 1.22 bits per heavy atom. The van der Waals surface area contributed by atoms with E-state index in [1.165, 1.54) is 15.6 Å². The fourth-order valence-electron chi connectivity index (χ4n) is 4.34. The summed E-state index contributed by atoms with van der Waals surface area (Å²) in [6.07, 6.45) is 1.26. The molecule has 6 nitrogen and oxygen atoms in total. The van der Waals surface area contributed by atoms with Crippen molar-refractivity contribution < 1.29 is 17.7 Å². The molecule has 1 fully saturated rings. The summed E-state index contributed by atoms with van der Waals surface area (Å²) in [6.45, 7) is 12.1. The zero-order valence-electron chi connectivity index (χ0n) is 16.6. The molecule has 0 unspecified atom stereocenters. The second-order valence-corrected chi connectivity index (χ2v) is 10.1. The zero-order chi connectivity index (χ0) is 19.8. The van der Waals surface area contributed by atoms with E-state index in [-0.39, 0.29) is 0 Å². The van der Waals surface area contributed by atoms with Crippen molar-refractivity contribution in [3.8, 4) is 0 Å². The number of rotatable bonds is 6. The molecule has 3 rings (SSSR count). The van der Waals surface area contributed by atoms with Crippen LogP contribution in [0.5, 0.6) is 0 Å². The summed E-state index contributed by atoms with van der Waals surface area (Å²) in [7, 11) is -3.51. The van der Waals surface area contributed by atoms with Crippen LogP contribution in [0, 0.1) is 16.7 Å². The lowest BCUT2D eigenvalue weighted by Gasteiger charge is -2.32. The zero-order valence-corrected chi connectivity index (χ0v) is 18.2. The summed E-state index contributed by atoms with van der Waals surface area (Å²) in [6, 6.07) is 5.03. The Morgan fingerprint density at radius 3 is 2.44 bits per heavy atom. The van der Waals surface area contributed by atoms with Crippen molar-refractivity contribution in [2.24, 2.45) is 11.8 Å². The van der Waals surface area contributed by atoms with Gasteiger partial charge in [-0.25, -0.2) is 8.42 Å². The monoisotopic (exact) mass is 412 g/mol. The van der Waals surface area contributed by atoms with E-state index in [1.54, 1.807) is 18.2 Å². The lowest BCUT2D eigenvalue weighted by atomic mass is 9.92. The molecular formula is C19H30N3O3S2+. The highest BCUT2D eigenvalue weighted by Gasteiger charge is 2.27. The Morgan fingerprint density at radius 2 is 1.85 bits per heavy atom. The molecule has 2 atom stereocenters. The number of hydrogen-bond donors (Lipinski definition) is 1. The van der Waals surface area contributed by atoms with Crippen LogP contribution in [0.2, 0.25) is 0 Å². The first-order valence-electron chi connectivity index (χ1n) is 9.73. The van der Waals surface area contributed by atoms with Crippen LogP contribution in [0.3, 0.4) is 0 Å².